The molecule has 21 heavy (non-hydrogen) atoms. The summed E-state index contributed by atoms with van der Waals surface area (Å²) in [6, 6.07) is 0.488. The van der Waals surface area contributed by atoms with Gasteiger partial charge in [0.1, 0.15) is 0 Å². The Morgan fingerprint density at radius 3 is 2.86 bits per heavy atom. The molecule has 1 aromatic heterocycles. The number of aromatic nitrogens is 2. The summed E-state index contributed by atoms with van der Waals surface area (Å²) < 4.78 is 1.80. The first kappa shape index (κ1) is 16.0. The summed E-state index contributed by atoms with van der Waals surface area (Å²) in [6.45, 7) is 6.44. The largest absolute Gasteiger partial charge is 0.322 e. The highest BCUT2D eigenvalue weighted by molar-refractivity contribution is 5.93. The average molecular weight is 293 g/mol. The maximum atomic E-state index is 12.3. The fourth-order valence-corrected chi connectivity index (χ4v) is 2.93. The second-order valence-corrected chi connectivity index (χ2v) is 5.97. The quantitative estimate of drug-likeness (QED) is 0.871. The van der Waals surface area contributed by atoms with E-state index in [1.54, 1.807) is 4.68 Å². The molecule has 0 radical (unpaired) electrons. The molecular formula is C15H27N5O. The second kappa shape index (κ2) is 7.04. The smallest absolute Gasteiger partial charge is 0.238 e. The average Bonchev–Trinajstić information content (AvgIpc) is 2.68. The lowest BCUT2D eigenvalue weighted by Gasteiger charge is -2.26. The minimum absolute atomic E-state index is 0.0360. The number of rotatable bonds is 4. The Kier molecular flexibility index (Phi) is 5.36. The number of anilines is 1. The third-order valence-corrected chi connectivity index (χ3v) is 4.34. The molecule has 1 aromatic rings. The predicted molar refractivity (Wildman–Crippen MR) is 84.5 cm³/mol. The van der Waals surface area contributed by atoms with E-state index in [1.165, 1.54) is 6.42 Å². The van der Waals surface area contributed by atoms with Crippen LogP contribution < -0.4 is 10.6 Å². The molecule has 6 nitrogen and oxygen atoms in total. The van der Waals surface area contributed by atoms with Crippen molar-refractivity contribution in [1.82, 2.24) is 20.0 Å². The van der Waals surface area contributed by atoms with Crippen molar-refractivity contribution >= 4 is 11.6 Å². The van der Waals surface area contributed by atoms with Crippen LogP contribution in [0, 0.1) is 13.8 Å². The van der Waals surface area contributed by atoms with Crippen LogP contribution in [0.1, 0.15) is 30.7 Å². The first-order valence-corrected chi connectivity index (χ1v) is 7.70. The Morgan fingerprint density at radius 1 is 1.43 bits per heavy atom. The molecule has 1 aliphatic heterocycles. The molecule has 118 valence electrons. The lowest BCUT2D eigenvalue weighted by molar-refractivity contribution is -0.117. The van der Waals surface area contributed by atoms with E-state index in [0.29, 0.717) is 12.6 Å². The topological polar surface area (TPSA) is 62.2 Å². The van der Waals surface area contributed by atoms with Crippen molar-refractivity contribution in [2.75, 3.05) is 32.0 Å². The predicted octanol–water partition coefficient (Wildman–Crippen LogP) is 1.05. The van der Waals surface area contributed by atoms with Crippen LogP contribution in [0.3, 0.4) is 0 Å². The number of carbonyl (C=O) groups is 1. The summed E-state index contributed by atoms with van der Waals surface area (Å²) in [4.78, 5) is 14.4. The second-order valence-electron chi connectivity index (χ2n) is 5.97. The minimum Gasteiger partial charge on any atom is -0.322 e. The molecule has 1 saturated heterocycles. The summed E-state index contributed by atoms with van der Waals surface area (Å²) in [5.41, 5.74) is 2.70. The van der Waals surface area contributed by atoms with Gasteiger partial charge in [0.2, 0.25) is 5.91 Å². The number of hydrogen-bond acceptors (Lipinski definition) is 4. The lowest BCUT2D eigenvalue weighted by Crippen LogP contribution is -2.38. The van der Waals surface area contributed by atoms with E-state index in [0.717, 1.165) is 43.0 Å². The third kappa shape index (κ3) is 4.04. The van der Waals surface area contributed by atoms with Crippen molar-refractivity contribution in [3.05, 3.63) is 11.4 Å². The zero-order valence-electron chi connectivity index (χ0n) is 13.6. The van der Waals surface area contributed by atoms with Crippen LogP contribution in [0.4, 0.5) is 5.69 Å². The van der Waals surface area contributed by atoms with Crippen LogP contribution >= 0.6 is 0 Å². The molecule has 0 aliphatic carbocycles. The number of nitrogens with one attached hydrogen (secondary N) is 2. The molecule has 2 N–H and O–H groups in total. The SMILES string of the molecule is Cc1nn(C)c(C)c1NC(=O)CN(C)C1CCCNCC1. The summed E-state index contributed by atoms with van der Waals surface area (Å²) in [5, 5.41) is 10.7. The Labute approximate surface area is 126 Å². The third-order valence-electron chi connectivity index (χ3n) is 4.34. The molecule has 0 spiro atoms. The van der Waals surface area contributed by atoms with Gasteiger partial charge in [-0.3, -0.25) is 14.4 Å². The van der Waals surface area contributed by atoms with Gasteiger partial charge in [-0.05, 0) is 53.2 Å². The van der Waals surface area contributed by atoms with Gasteiger partial charge in [-0.1, -0.05) is 0 Å². The van der Waals surface area contributed by atoms with Crippen LogP contribution in [0.15, 0.2) is 0 Å². The zero-order chi connectivity index (χ0) is 15.4. The van der Waals surface area contributed by atoms with Gasteiger partial charge < -0.3 is 10.6 Å². The molecule has 1 fully saturated rings. The van der Waals surface area contributed by atoms with Crippen molar-refractivity contribution in [2.24, 2.45) is 7.05 Å². The Balaban J connectivity index is 1.91. The minimum atomic E-state index is 0.0360. The molecule has 2 rings (SSSR count). The Morgan fingerprint density at radius 2 is 2.19 bits per heavy atom. The normalized spacial score (nSPS) is 19.6. The zero-order valence-corrected chi connectivity index (χ0v) is 13.6. The number of hydrogen-bond donors (Lipinski definition) is 2. The summed E-state index contributed by atoms with van der Waals surface area (Å²) in [5.74, 6) is 0.0360. The molecular weight excluding hydrogens is 266 g/mol. The van der Waals surface area contributed by atoms with E-state index in [-0.39, 0.29) is 5.91 Å². The first-order valence-electron chi connectivity index (χ1n) is 7.70. The van der Waals surface area contributed by atoms with Crippen molar-refractivity contribution in [3.8, 4) is 0 Å². The van der Waals surface area contributed by atoms with Crippen LogP contribution in [0.25, 0.3) is 0 Å². The van der Waals surface area contributed by atoms with Gasteiger partial charge in [-0.25, -0.2) is 0 Å². The highest BCUT2D eigenvalue weighted by atomic mass is 16.2. The monoisotopic (exact) mass is 293 g/mol. The number of amides is 1. The van der Waals surface area contributed by atoms with Crippen LogP contribution in [-0.4, -0.2) is 53.3 Å². The van der Waals surface area contributed by atoms with Crippen LogP contribution in [0.2, 0.25) is 0 Å². The van der Waals surface area contributed by atoms with Crippen LogP contribution in [0.5, 0.6) is 0 Å². The molecule has 2 heterocycles. The maximum absolute atomic E-state index is 12.3. The van der Waals surface area contributed by atoms with E-state index in [9.17, 15) is 4.79 Å². The fraction of sp³-hybridized carbons (Fsp3) is 0.733. The number of likely N-dealkylation sites (N-methyl/N-ethyl adjacent to an activating group) is 1. The lowest BCUT2D eigenvalue weighted by atomic mass is 10.1. The van der Waals surface area contributed by atoms with Gasteiger partial charge >= 0.3 is 0 Å². The number of nitrogens with zero attached hydrogens (tertiary/aromatic N) is 3. The van der Waals surface area contributed by atoms with Crippen LogP contribution in [-0.2, 0) is 11.8 Å². The van der Waals surface area contributed by atoms with E-state index in [4.69, 9.17) is 0 Å². The van der Waals surface area contributed by atoms with E-state index < -0.39 is 0 Å². The van der Waals surface area contributed by atoms with Crippen molar-refractivity contribution in [3.63, 3.8) is 0 Å². The van der Waals surface area contributed by atoms with E-state index in [1.807, 2.05) is 27.9 Å². The molecule has 1 amide bonds. The number of aryl methyl sites for hydroxylation is 2. The fourth-order valence-electron chi connectivity index (χ4n) is 2.93. The van der Waals surface area contributed by atoms with Gasteiger partial charge in [0.05, 0.1) is 23.6 Å². The molecule has 1 aliphatic rings. The molecule has 0 bridgehead atoms. The van der Waals surface area contributed by atoms with E-state index >= 15 is 0 Å². The van der Waals surface area contributed by atoms with E-state index in [2.05, 4.69) is 20.6 Å². The van der Waals surface area contributed by atoms with Gasteiger partial charge in [-0.2, -0.15) is 5.10 Å². The summed E-state index contributed by atoms with van der Waals surface area (Å²) in [6.07, 6.45) is 3.44. The molecule has 6 heteroatoms. The number of carbonyl (C=O) groups excluding carboxylic acids is 1. The standard InChI is InChI=1S/C15H27N5O/c1-11-15(12(2)20(4)18-11)17-14(21)10-19(3)13-6-5-8-16-9-7-13/h13,16H,5-10H2,1-4H3,(H,17,21). The molecule has 1 unspecified atom stereocenters. The van der Waals surface area contributed by atoms with Crippen molar-refractivity contribution in [1.29, 1.82) is 0 Å². The molecule has 0 aromatic carbocycles. The molecule has 0 saturated carbocycles. The van der Waals surface area contributed by atoms with Gasteiger partial charge in [0.15, 0.2) is 0 Å². The van der Waals surface area contributed by atoms with Gasteiger partial charge in [0.25, 0.3) is 0 Å². The first-order chi connectivity index (χ1) is 9.99. The highest BCUT2D eigenvalue weighted by Gasteiger charge is 2.20. The summed E-state index contributed by atoms with van der Waals surface area (Å²) in [7, 11) is 3.93. The maximum Gasteiger partial charge on any atom is 0.238 e. The molecule has 1 atom stereocenters. The summed E-state index contributed by atoms with van der Waals surface area (Å²) >= 11 is 0. The Bertz CT molecular complexity index is 488. The van der Waals surface area contributed by atoms with Crippen molar-refractivity contribution in [2.45, 2.75) is 39.2 Å². The van der Waals surface area contributed by atoms with Crippen molar-refractivity contribution < 1.29 is 4.79 Å². The van der Waals surface area contributed by atoms with Gasteiger partial charge in [0, 0.05) is 13.1 Å². The Hall–Kier alpha value is -1.40. The highest BCUT2D eigenvalue weighted by Crippen LogP contribution is 2.18. The van der Waals surface area contributed by atoms with Gasteiger partial charge in [-0.15, -0.1) is 0 Å².